The fourth-order valence-corrected chi connectivity index (χ4v) is 2.84. The van der Waals surface area contributed by atoms with Crippen LogP contribution in [0.5, 0.6) is 5.75 Å². The Balaban J connectivity index is 1.41. The Labute approximate surface area is 154 Å². The Hall–Kier alpha value is -2.45. The molecule has 0 spiro atoms. The molecule has 3 aromatic rings. The highest BCUT2D eigenvalue weighted by Gasteiger charge is 1.98. The van der Waals surface area contributed by atoms with E-state index in [9.17, 15) is 0 Å². The minimum atomic E-state index is 0.726. The Morgan fingerprint density at radius 3 is 2.32 bits per heavy atom. The third-order valence-corrected chi connectivity index (χ3v) is 4.20. The van der Waals surface area contributed by atoms with Crippen molar-refractivity contribution in [1.29, 1.82) is 0 Å². The van der Waals surface area contributed by atoms with E-state index in [1.807, 2.05) is 48.5 Å². The highest BCUT2D eigenvalue weighted by molar-refractivity contribution is 6.30. The standard InChI is InChI=1S/C22H22ClNO/c23-20-10-4-8-19(16-20)17-24-21-11-13-22(14-12-21)25-15-5-9-18-6-2-1-3-7-18/h1-4,6-8,10-14,16,24H,5,9,15,17H2. The minimum absolute atomic E-state index is 0.726. The van der Waals surface area contributed by atoms with Gasteiger partial charge in [0.25, 0.3) is 0 Å². The second-order valence-electron chi connectivity index (χ2n) is 5.95. The Morgan fingerprint density at radius 2 is 1.56 bits per heavy atom. The molecule has 2 nitrogen and oxygen atoms in total. The number of nitrogens with one attached hydrogen (secondary N) is 1. The van der Waals surface area contributed by atoms with E-state index in [0.717, 1.165) is 48.0 Å². The zero-order chi connectivity index (χ0) is 17.3. The molecule has 0 aliphatic carbocycles. The summed E-state index contributed by atoms with van der Waals surface area (Å²) >= 11 is 6.00. The topological polar surface area (TPSA) is 21.3 Å². The van der Waals surface area contributed by atoms with E-state index in [4.69, 9.17) is 16.3 Å². The summed E-state index contributed by atoms with van der Waals surface area (Å²) in [5, 5.41) is 4.15. The normalized spacial score (nSPS) is 10.4. The molecule has 0 saturated heterocycles. The van der Waals surface area contributed by atoms with Crippen molar-refractivity contribution in [3.63, 3.8) is 0 Å². The van der Waals surface area contributed by atoms with Crippen LogP contribution >= 0.6 is 11.6 Å². The predicted molar refractivity (Wildman–Crippen MR) is 105 cm³/mol. The van der Waals surface area contributed by atoms with Gasteiger partial charge in [-0.25, -0.2) is 0 Å². The molecular formula is C22H22ClNO. The molecule has 0 aliphatic heterocycles. The largest absolute Gasteiger partial charge is 0.494 e. The fraction of sp³-hybridized carbons (Fsp3) is 0.182. The number of anilines is 1. The van der Waals surface area contributed by atoms with Gasteiger partial charge in [0.2, 0.25) is 0 Å². The summed E-state index contributed by atoms with van der Waals surface area (Å²) in [5.74, 6) is 0.904. The predicted octanol–water partition coefficient (Wildman–Crippen LogP) is 5.96. The second kappa shape index (κ2) is 9.14. The van der Waals surface area contributed by atoms with Gasteiger partial charge in [0.1, 0.15) is 5.75 Å². The van der Waals surface area contributed by atoms with Crippen LogP contribution in [0.15, 0.2) is 78.9 Å². The van der Waals surface area contributed by atoms with Crippen molar-refractivity contribution >= 4 is 17.3 Å². The van der Waals surface area contributed by atoms with Crippen LogP contribution in [0.2, 0.25) is 5.02 Å². The van der Waals surface area contributed by atoms with E-state index in [1.54, 1.807) is 0 Å². The third-order valence-electron chi connectivity index (χ3n) is 3.96. The number of halogens is 1. The van der Waals surface area contributed by atoms with Crippen LogP contribution in [-0.2, 0) is 13.0 Å². The summed E-state index contributed by atoms with van der Waals surface area (Å²) in [6.45, 7) is 1.47. The van der Waals surface area contributed by atoms with Crippen molar-refractivity contribution in [1.82, 2.24) is 0 Å². The molecule has 0 aliphatic rings. The van der Waals surface area contributed by atoms with Gasteiger partial charge < -0.3 is 10.1 Å². The Kier molecular flexibility index (Phi) is 6.35. The number of benzene rings is 3. The molecule has 3 rings (SSSR count). The maximum Gasteiger partial charge on any atom is 0.119 e. The molecule has 3 aromatic carbocycles. The van der Waals surface area contributed by atoms with Crippen LogP contribution in [-0.4, -0.2) is 6.61 Å². The van der Waals surface area contributed by atoms with E-state index in [-0.39, 0.29) is 0 Å². The van der Waals surface area contributed by atoms with Crippen molar-refractivity contribution < 1.29 is 4.74 Å². The average Bonchev–Trinajstić information content (AvgIpc) is 2.65. The molecule has 0 atom stereocenters. The van der Waals surface area contributed by atoms with Gasteiger partial charge in [0, 0.05) is 17.3 Å². The van der Waals surface area contributed by atoms with Gasteiger partial charge in [0.05, 0.1) is 6.61 Å². The molecule has 0 bridgehead atoms. The lowest BCUT2D eigenvalue weighted by Gasteiger charge is -2.09. The second-order valence-corrected chi connectivity index (χ2v) is 6.38. The van der Waals surface area contributed by atoms with Gasteiger partial charge in [0.15, 0.2) is 0 Å². The first kappa shape index (κ1) is 17.4. The van der Waals surface area contributed by atoms with Crippen LogP contribution in [0.1, 0.15) is 17.5 Å². The van der Waals surface area contributed by atoms with Crippen LogP contribution < -0.4 is 10.1 Å². The number of hydrogen-bond acceptors (Lipinski definition) is 2. The van der Waals surface area contributed by atoms with E-state index >= 15 is 0 Å². The number of rotatable bonds is 8. The Bertz CT molecular complexity index is 772. The average molecular weight is 352 g/mol. The molecule has 0 aromatic heterocycles. The molecule has 0 saturated carbocycles. The van der Waals surface area contributed by atoms with Crippen molar-refractivity contribution in [2.24, 2.45) is 0 Å². The lowest BCUT2D eigenvalue weighted by molar-refractivity contribution is 0.311. The molecular weight excluding hydrogens is 330 g/mol. The van der Waals surface area contributed by atoms with Crippen molar-refractivity contribution in [3.05, 3.63) is 95.0 Å². The van der Waals surface area contributed by atoms with E-state index in [0.29, 0.717) is 0 Å². The van der Waals surface area contributed by atoms with Gasteiger partial charge in [-0.1, -0.05) is 54.1 Å². The smallest absolute Gasteiger partial charge is 0.119 e. The van der Waals surface area contributed by atoms with Crippen LogP contribution in [0.3, 0.4) is 0 Å². The monoisotopic (exact) mass is 351 g/mol. The zero-order valence-corrected chi connectivity index (χ0v) is 14.9. The molecule has 0 amide bonds. The first-order valence-electron chi connectivity index (χ1n) is 8.55. The molecule has 128 valence electrons. The molecule has 25 heavy (non-hydrogen) atoms. The SMILES string of the molecule is Clc1cccc(CNc2ccc(OCCCc3ccccc3)cc2)c1. The van der Waals surface area contributed by atoms with E-state index in [2.05, 4.69) is 35.6 Å². The maximum absolute atomic E-state index is 6.00. The summed E-state index contributed by atoms with van der Waals surface area (Å²) < 4.78 is 5.82. The van der Waals surface area contributed by atoms with Crippen LogP contribution in [0.25, 0.3) is 0 Å². The highest BCUT2D eigenvalue weighted by atomic mass is 35.5. The van der Waals surface area contributed by atoms with E-state index in [1.165, 1.54) is 5.56 Å². The number of ether oxygens (including phenoxy) is 1. The number of aryl methyl sites for hydroxylation is 1. The highest BCUT2D eigenvalue weighted by Crippen LogP contribution is 2.18. The maximum atomic E-state index is 6.00. The van der Waals surface area contributed by atoms with Crippen LogP contribution in [0.4, 0.5) is 5.69 Å². The van der Waals surface area contributed by atoms with Crippen LogP contribution in [0, 0.1) is 0 Å². The quantitative estimate of drug-likeness (QED) is 0.505. The molecule has 3 heteroatoms. The summed E-state index contributed by atoms with van der Waals surface area (Å²) in [7, 11) is 0. The van der Waals surface area contributed by atoms with Gasteiger partial charge >= 0.3 is 0 Å². The third kappa shape index (κ3) is 5.84. The van der Waals surface area contributed by atoms with Crippen molar-refractivity contribution in [2.45, 2.75) is 19.4 Å². The van der Waals surface area contributed by atoms with Gasteiger partial charge in [-0.3, -0.25) is 0 Å². The molecule has 1 N–H and O–H groups in total. The van der Waals surface area contributed by atoms with Gasteiger partial charge in [-0.05, 0) is 60.4 Å². The summed E-state index contributed by atoms with van der Waals surface area (Å²) in [6, 6.07) is 26.5. The zero-order valence-electron chi connectivity index (χ0n) is 14.1. The first-order chi connectivity index (χ1) is 12.3. The van der Waals surface area contributed by atoms with Gasteiger partial charge in [-0.2, -0.15) is 0 Å². The summed E-state index contributed by atoms with van der Waals surface area (Å²) in [5.41, 5.74) is 3.58. The molecule has 0 radical (unpaired) electrons. The van der Waals surface area contributed by atoms with E-state index < -0.39 is 0 Å². The fourth-order valence-electron chi connectivity index (χ4n) is 2.63. The van der Waals surface area contributed by atoms with Gasteiger partial charge in [-0.15, -0.1) is 0 Å². The lowest BCUT2D eigenvalue weighted by Crippen LogP contribution is -2.01. The molecule has 0 heterocycles. The summed E-state index contributed by atoms with van der Waals surface area (Å²) in [4.78, 5) is 0. The summed E-state index contributed by atoms with van der Waals surface area (Å²) in [6.07, 6.45) is 2.05. The molecule has 0 fully saturated rings. The molecule has 0 unspecified atom stereocenters. The first-order valence-corrected chi connectivity index (χ1v) is 8.92. The van der Waals surface area contributed by atoms with Crippen molar-refractivity contribution in [2.75, 3.05) is 11.9 Å². The van der Waals surface area contributed by atoms with Crippen molar-refractivity contribution in [3.8, 4) is 5.75 Å². The lowest BCUT2D eigenvalue weighted by atomic mass is 10.1. The number of hydrogen-bond donors (Lipinski definition) is 1. The Morgan fingerprint density at radius 1 is 0.800 bits per heavy atom. The minimum Gasteiger partial charge on any atom is -0.494 e.